The smallest absolute Gasteiger partial charge is 0.353 e. The molecule has 0 amide bonds. The van der Waals surface area contributed by atoms with Gasteiger partial charge in [0.25, 0.3) is 5.88 Å². The summed E-state index contributed by atoms with van der Waals surface area (Å²) in [6, 6.07) is 0. The molecule has 2 N–H and O–H groups in total. The Morgan fingerprint density at radius 1 is 1.38 bits per heavy atom. The van der Waals surface area contributed by atoms with E-state index in [1.807, 2.05) is 6.92 Å². The highest BCUT2D eigenvalue weighted by molar-refractivity contribution is 5.46. The monoisotopic (exact) mass is 296 g/mol. The molecule has 0 atom stereocenters. The SMILES string of the molecule is CCc1nn(C)c(OCC2(N)CCCCCC2)c1[N+](=O)[O-]. The molecule has 0 bridgehead atoms. The summed E-state index contributed by atoms with van der Waals surface area (Å²) in [5.41, 5.74) is 6.43. The molecular weight excluding hydrogens is 272 g/mol. The molecule has 118 valence electrons. The minimum absolute atomic E-state index is 0.0304. The van der Waals surface area contributed by atoms with Crippen LogP contribution in [0.3, 0.4) is 0 Å². The lowest BCUT2D eigenvalue weighted by Gasteiger charge is -2.27. The molecule has 0 saturated heterocycles. The Bertz CT molecular complexity index is 505. The van der Waals surface area contributed by atoms with Gasteiger partial charge in [-0.1, -0.05) is 32.6 Å². The summed E-state index contributed by atoms with van der Waals surface area (Å²) in [5.74, 6) is 0.214. The quantitative estimate of drug-likeness (QED) is 0.511. The van der Waals surface area contributed by atoms with Crippen molar-refractivity contribution in [3.63, 3.8) is 0 Å². The van der Waals surface area contributed by atoms with Gasteiger partial charge in [0.15, 0.2) is 0 Å². The summed E-state index contributed by atoms with van der Waals surface area (Å²) in [7, 11) is 1.66. The zero-order chi connectivity index (χ0) is 15.5. The summed E-state index contributed by atoms with van der Waals surface area (Å²) in [6.07, 6.45) is 6.89. The first kappa shape index (κ1) is 15.8. The van der Waals surface area contributed by atoms with Crippen LogP contribution in [0.25, 0.3) is 0 Å². The zero-order valence-corrected chi connectivity index (χ0v) is 12.8. The molecule has 1 aromatic rings. The fourth-order valence-corrected chi connectivity index (χ4v) is 2.92. The van der Waals surface area contributed by atoms with E-state index in [-0.39, 0.29) is 17.1 Å². The van der Waals surface area contributed by atoms with Crippen LogP contribution in [-0.4, -0.2) is 26.8 Å². The van der Waals surface area contributed by atoms with Crippen LogP contribution in [0.1, 0.15) is 51.1 Å². The Balaban J connectivity index is 2.15. The molecule has 0 spiro atoms. The predicted molar refractivity (Wildman–Crippen MR) is 79.4 cm³/mol. The van der Waals surface area contributed by atoms with Gasteiger partial charge < -0.3 is 10.5 Å². The minimum Gasteiger partial charge on any atom is -0.471 e. The van der Waals surface area contributed by atoms with E-state index in [9.17, 15) is 10.1 Å². The second-order valence-electron chi connectivity index (χ2n) is 5.90. The summed E-state index contributed by atoms with van der Waals surface area (Å²) in [5, 5.41) is 15.4. The Hall–Kier alpha value is -1.63. The molecule has 7 nitrogen and oxygen atoms in total. The van der Waals surface area contributed by atoms with Crippen LogP contribution in [-0.2, 0) is 13.5 Å². The van der Waals surface area contributed by atoms with E-state index in [2.05, 4.69) is 5.10 Å². The fraction of sp³-hybridized carbons (Fsp3) is 0.786. The van der Waals surface area contributed by atoms with E-state index in [1.54, 1.807) is 7.05 Å². The summed E-state index contributed by atoms with van der Waals surface area (Å²) < 4.78 is 7.19. The lowest BCUT2D eigenvalue weighted by atomic mass is 9.93. The molecule has 1 saturated carbocycles. The number of aryl methyl sites for hydroxylation is 2. The van der Waals surface area contributed by atoms with Crippen LogP contribution in [0.5, 0.6) is 5.88 Å². The molecule has 1 heterocycles. The number of hydrogen-bond donors (Lipinski definition) is 1. The van der Waals surface area contributed by atoms with Gasteiger partial charge in [0.2, 0.25) is 0 Å². The fourth-order valence-electron chi connectivity index (χ4n) is 2.92. The van der Waals surface area contributed by atoms with Gasteiger partial charge in [-0.25, -0.2) is 4.68 Å². The molecule has 1 fully saturated rings. The molecule has 1 aromatic heterocycles. The third-order valence-corrected chi connectivity index (χ3v) is 4.15. The van der Waals surface area contributed by atoms with Crippen molar-refractivity contribution >= 4 is 5.69 Å². The Morgan fingerprint density at radius 2 is 2.00 bits per heavy atom. The van der Waals surface area contributed by atoms with E-state index in [0.29, 0.717) is 18.7 Å². The van der Waals surface area contributed by atoms with E-state index in [0.717, 1.165) is 25.7 Å². The second kappa shape index (κ2) is 6.43. The first-order valence-electron chi connectivity index (χ1n) is 7.59. The molecule has 21 heavy (non-hydrogen) atoms. The highest BCUT2D eigenvalue weighted by Crippen LogP contribution is 2.32. The van der Waals surface area contributed by atoms with Crippen molar-refractivity contribution in [2.24, 2.45) is 12.8 Å². The molecule has 7 heteroatoms. The number of nitrogens with two attached hydrogens (primary N) is 1. The summed E-state index contributed by atoms with van der Waals surface area (Å²) >= 11 is 0. The van der Waals surface area contributed by atoms with E-state index >= 15 is 0 Å². The highest BCUT2D eigenvalue weighted by Gasteiger charge is 2.31. The number of rotatable bonds is 5. The van der Waals surface area contributed by atoms with Crippen molar-refractivity contribution in [2.75, 3.05) is 6.61 Å². The molecule has 0 aromatic carbocycles. The van der Waals surface area contributed by atoms with Crippen LogP contribution in [0, 0.1) is 10.1 Å². The van der Waals surface area contributed by atoms with Gasteiger partial charge in [0.1, 0.15) is 12.3 Å². The number of nitro groups is 1. The third kappa shape index (κ3) is 3.53. The topological polar surface area (TPSA) is 96.2 Å². The van der Waals surface area contributed by atoms with Gasteiger partial charge in [-0.15, -0.1) is 0 Å². The first-order valence-corrected chi connectivity index (χ1v) is 7.59. The van der Waals surface area contributed by atoms with Crippen molar-refractivity contribution in [1.29, 1.82) is 0 Å². The van der Waals surface area contributed by atoms with Crippen LogP contribution in [0.4, 0.5) is 5.69 Å². The van der Waals surface area contributed by atoms with Crippen LogP contribution in [0.2, 0.25) is 0 Å². The van der Waals surface area contributed by atoms with E-state index in [4.69, 9.17) is 10.5 Å². The van der Waals surface area contributed by atoms with Crippen LogP contribution >= 0.6 is 0 Å². The second-order valence-corrected chi connectivity index (χ2v) is 5.90. The normalized spacial score (nSPS) is 18.2. The van der Waals surface area contributed by atoms with Gasteiger partial charge in [0.05, 0.1) is 10.5 Å². The number of ether oxygens (including phenoxy) is 1. The van der Waals surface area contributed by atoms with Gasteiger partial charge >= 0.3 is 5.69 Å². The largest absolute Gasteiger partial charge is 0.471 e. The predicted octanol–water partition coefficient (Wildman–Crippen LogP) is 2.32. The van der Waals surface area contributed by atoms with Crippen LogP contribution < -0.4 is 10.5 Å². The van der Waals surface area contributed by atoms with E-state index < -0.39 is 4.92 Å². The summed E-state index contributed by atoms with van der Waals surface area (Å²) in [6.45, 7) is 2.14. The maximum Gasteiger partial charge on any atom is 0.353 e. The average Bonchev–Trinajstić information content (AvgIpc) is 2.60. The Morgan fingerprint density at radius 3 is 2.52 bits per heavy atom. The minimum atomic E-state index is -0.419. The van der Waals surface area contributed by atoms with Gasteiger partial charge in [-0.3, -0.25) is 10.1 Å². The molecular formula is C14H24N4O3. The van der Waals surface area contributed by atoms with Gasteiger partial charge in [0, 0.05) is 7.05 Å². The Labute approximate surface area is 124 Å². The lowest BCUT2D eigenvalue weighted by molar-refractivity contribution is -0.386. The molecule has 0 aliphatic heterocycles. The maximum atomic E-state index is 11.2. The molecule has 1 aliphatic rings. The molecule has 1 aliphatic carbocycles. The molecule has 0 radical (unpaired) electrons. The van der Waals surface area contributed by atoms with Gasteiger partial charge in [-0.05, 0) is 19.3 Å². The van der Waals surface area contributed by atoms with Gasteiger partial charge in [-0.2, -0.15) is 5.10 Å². The molecule has 0 unspecified atom stereocenters. The zero-order valence-electron chi connectivity index (χ0n) is 12.8. The average molecular weight is 296 g/mol. The summed E-state index contributed by atoms with van der Waals surface area (Å²) in [4.78, 5) is 10.8. The number of nitrogens with zero attached hydrogens (tertiary/aromatic N) is 3. The lowest BCUT2D eigenvalue weighted by Crippen LogP contribution is -2.45. The highest BCUT2D eigenvalue weighted by atomic mass is 16.6. The number of hydrogen-bond acceptors (Lipinski definition) is 5. The molecule has 2 rings (SSSR count). The standard InChI is InChI=1S/C14H24N4O3/c1-3-11-12(18(19)20)13(17(2)16-11)21-10-14(15)8-6-4-5-7-9-14/h3-10,15H2,1-2H3. The van der Waals surface area contributed by atoms with Crippen molar-refractivity contribution in [3.8, 4) is 5.88 Å². The van der Waals surface area contributed by atoms with Crippen molar-refractivity contribution in [3.05, 3.63) is 15.8 Å². The van der Waals surface area contributed by atoms with Crippen molar-refractivity contribution in [2.45, 2.75) is 57.4 Å². The van der Waals surface area contributed by atoms with E-state index in [1.165, 1.54) is 17.5 Å². The number of aromatic nitrogens is 2. The Kier molecular flexibility index (Phi) is 4.82. The van der Waals surface area contributed by atoms with Crippen LogP contribution in [0.15, 0.2) is 0 Å². The van der Waals surface area contributed by atoms with Crippen molar-refractivity contribution in [1.82, 2.24) is 9.78 Å². The maximum absolute atomic E-state index is 11.2. The third-order valence-electron chi connectivity index (χ3n) is 4.15. The first-order chi connectivity index (χ1) is 9.97. The van der Waals surface area contributed by atoms with Crippen molar-refractivity contribution < 1.29 is 9.66 Å².